The third kappa shape index (κ3) is 5.17. The summed E-state index contributed by atoms with van der Waals surface area (Å²) in [6, 6.07) is 14.1. The molecule has 0 aromatic heterocycles. The highest BCUT2D eigenvalue weighted by Crippen LogP contribution is 2.31. The molecule has 0 heterocycles. The molecule has 0 aliphatic heterocycles. The third-order valence-corrected chi connectivity index (χ3v) is 5.70. The highest BCUT2D eigenvalue weighted by molar-refractivity contribution is 6.11. The van der Waals surface area contributed by atoms with Gasteiger partial charge in [-0.05, 0) is 82.3 Å². The van der Waals surface area contributed by atoms with Gasteiger partial charge in [-0.3, -0.25) is 4.79 Å². The summed E-state index contributed by atoms with van der Waals surface area (Å²) < 4.78 is 0. The average molecular weight is 407 g/mol. The first-order chi connectivity index (χ1) is 14.5. The Kier molecular flexibility index (Phi) is 7.81. The fraction of sp³-hybridized carbons (Fsp3) is 0.462. The van der Waals surface area contributed by atoms with E-state index in [-0.39, 0.29) is 5.78 Å². The van der Waals surface area contributed by atoms with Crippen LogP contribution in [0.3, 0.4) is 0 Å². The van der Waals surface area contributed by atoms with Crippen molar-refractivity contribution in [1.82, 2.24) is 4.90 Å². The van der Waals surface area contributed by atoms with Crippen molar-refractivity contribution in [2.24, 2.45) is 5.16 Å². The summed E-state index contributed by atoms with van der Waals surface area (Å²) in [5.74, 6) is 0.525. The van der Waals surface area contributed by atoms with Gasteiger partial charge in [0, 0.05) is 11.6 Å². The van der Waals surface area contributed by atoms with Crippen LogP contribution in [0.4, 0.5) is 0 Å². The lowest BCUT2D eigenvalue weighted by Gasteiger charge is -2.35. The fourth-order valence-corrected chi connectivity index (χ4v) is 4.36. The smallest absolute Gasteiger partial charge is 0.197 e. The number of rotatable bonds is 9. The minimum absolute atomic E-state index is 0.0181. The van der Waals surface area contributed by atoms with Crippen LogP contribution in [0, 0.1) is 0 Å². The van der Waals surface area contributed by atoms with Crippen molar-refractivity contribution in [1.29, 1.82) is 0 Å². The number of para-hydroxylation sites is 1. The maximum absolute atomic E-state index is 13.6. The molecule has 1 aliphatic rings. The lowest BCUT2D eigenvalue weighted by atomic mass is 9.82. The van der Waals surface area contributed by atoms with Crippen LogP contribution in [-0.2, 0) is 12.8 Å². The Labute approximate surface area is 180 Å². The second kappa shape index (κ2) is 10.5. The van der Waals surface area contributed by atoms with E-state index < -0.39 is 0 Å². The molecule has 0 amide bonds. The van der Waals surface area contributed by atoms with Crippen molar-refractivity contribution in [2.75, 3.05) is 13.1 Å². The van der Waals surface area contributed by atoms with Crippen LogP contribution in [0.5, 0.6) is 5.75 Å². The molecule has 4 nitrogen and oxygen atoms in total. The fourth-order valence-electron chi connectivity index (χ4n) is 4.36. The predicted molar refractivity (Wildman–Crippen MR) is 124 cm³/mol. The number of hydrogen-bond acceptors (Lipinski definition) is 4. The lowest BCUT2D eigenvalue weighted by Crippen LogP contribution is -2.40. The second-order valence-corrected chi connectivity index (χ2v) is 8.33. The summed E-state index contributed by atoms with van der Waals surface area (Å²) in [5.41, 5.74) is 4.70. The zero-order chi connectivity index (χ0) is 21.5. The number of oxime groups is 1. The molecular formula is C26H34N2O2. The molecular weight excluding hydrogens is 372 g/mol. The van der Waals surface area contributed by atoms with E-state index in [0.717, 1.165) is 56.5 Å². The maximum Gasteiger partial charge on any atom is 0.197 e. The summed E-state index contributed by atoms with van der Waals surface area (Å²) in [5, 5.41) is 4.05. The molecule has 2 aromatic rings. The molecule has 0 fully saturated rings. The van der Waals surface area contributed by atoms with E-state index in [0.29, 0.717) is 17.4 Å². The van der Waals surface area contributed by atoms with Crippen LogP contribution in [-0.4, -0.2) is 35.5 Å². The standard InChI is InChI=1S/C26H34N2O2/c1-5-16-28(17-6-2)21-15-14-20-10-9-12-22(24(20)18-21)26(29)23-11-7-8-13-25(23)30-27-19(3)4/h7-13,21H,5-6,14-18H2,1-4H3. The monoisotopic (exact) mass is 406 g/mol. The van der Waals surface area contributed by atoms with Crippen molar-refractivity contribution < 1.29 is 9.63 Å². The molecule has 0 spiro atoms. The molecule has 0 radical (unpaired) electrons. The van der Waals surface area contributed by atoms with Crippen LogP contribution >= 0.6 is 0 Å². The lowest BCUT2D eigenvalue weighted by molar-refractivity contribution is 0.103. The number of fused-ring (bicyclic) bond motifs is 1. The van der Waals surface area contributed by atoms with Gasteiger partial charge in [-0.1, -0.05) is 49.3 Å². The van der Waals surface area contributed by atoms with E-state index in [4.69, 9.17) is 4.84 Å². The third-order valence-electron chi connectivity index (χ3n) is 5.70. The van der Waals surface area contributed by atoms with Gasteiger partial charge in [0.05, 0.1) is 11.3 Å². The summed E-state index contributed by atoms with van der Waals surface area (Å²) in [4.78, 5) is 21.7. The predicted octanol–water partition coefficient (Wildman–Crippen LogP) is 5.67. The normalized spacial score (nSPS) is 15.6. The molecule has 1 atom stereocenters. The molecule has 4 heteroatoms. The van der Waals surface area contributed by atoms with Gasteiger partial charge in [-0.15, -0.1) is 0 Å². The van der Waals surface area contributed by atoms with E-state index in [1.165, 1.54) is 11.1 Å². The van der Waals surface area contributed by atoms with Crippen molar-refractivity contribution in [3.63, 3.8) is 0 Å². The zero-order valence-electron chi connectivity index (χ0n) is 18.8. The van der Waals surface area contributed by atoms with Gasteiger partial charge < -0.3 is 9.74 Å². The van der Waals surface area contributed by atoms with Crippen molar-refractivity contribution in [2.45, 2.75) is 65.8 Å². The molecule has 160 valence electrons. The first kappa shape index (κ1) is 22.2. The minimum Gasteiger partial charge on any atom is -0.356 e. The van der Waals surface area contributed by atoms with Gasteiger partial charge in [-0.2, -0.15) is 0 Å². The first-order valence-electron chi connectivity index (χ1n) is 11.2. The second-order valence-electron chi connectivity index (χ2n) is 8.33. The van der Waals surface area contributed by atoms with Gasteiger partial charge in [0.15, 0.2) is 11.5 Å². The maximum atomic E-state index is 13.6. The van der Waals surface area contributed by atoms with E-state index in [1.807, 2.05) is 50.2 Å². The Balaban J connectivity index is 1.93. The number of hydrogen-bond donors (Lipinski definition) is 0. The molecule has 0 saturated carbocycles. The number of carbonyl (C=O) groups is 1. The Morgan fingerprint density at radius 3 is 2.43 bits per heavy atom. The number of aryl methyl sites for hydroxylation is 1. The number of nitrogens with zero attached hydrogens (tertiary/aromatic N) is 2. The van der Waals surface area contributed by atoms with E-state index in [1.54, 1.807) is 0 Å². The van der Waals surface area contributed by atoms with Gasteiger partial charge >= 0.3 is 0 Å². The SMILES string of the molecule is CCCN(CCC)C1CCc2cccc(C(=O)c3ccccc3ON=C(C)C)c2C1. The summed E-state index contributed by atoms with van der Waals surface area (Å²) in [6.45, 7) is 10.5. The van der Waals surface area contributed by atoms with Crippen LogP contribution in [0.2, 0.25) is 0 Å². The summed E-state index contributed by atoms with van der Waals surface area (Å²) in [6.07, 6.45) is 5.45. The minimum atomic E-state index is 0.0181. The molecule has 30 heavy (non-hydrogen) atoms. The highest BCUT2D eigenvalue weighted by Gasteiger charge is 2.28. The van der Waals surface area contributed by atoms with Gasteiger partial charge in [0.25, 0.3) is 0 Å². The largest absolute Gasteiger partial charge is 0.356 e. The van der Waals surface area contributed by atoms with Crippen LogP contribution in [0.1, 0.15) is 74.0 Å². The van der Waals surface area contributed by atoms with Gasteiger partial charge in [0.2, 0.25) is 0 Å². The Morgan fingerprint density at radius 1 is 1.03 bits per heavy atom. The molecule has 1 unspecified atom stereocenters. The molecule has 0 saturated heterocycles. The number of ketones is 1. The number of carbonyl (C=O) groups excluding carboxylic acids is 1. The average Bonchev–Trinajstić information content (AvgIpc) is 2.76. The quantitative estimate of drug-likeness (QED) is 0.306. The Bertz CT molecular complexity index is 894. The van der Waals surface area contributed by atoms with Crippen molar-refractivity contribution >= 4 is 11.5 Å². The molecule has 3 rings (SSSR count). The molecule has 2 aromatic carbocycles. The molecule has 0 N–H and O–H groups in total. The van der Waals surface area contributed by atoms with Crippen molar-refractivity contribution in [3.05, 3.63) is 64.7 Å². The zero-order valence-corrected chi connectivity index (χ0v) is 18.8. The van der Waals surface area contributed by atoms with Crippen LogP contribution in [0.15, 0.2) is 47.6 Å². The summed E-state index contributed by atoms with van der Waals surface area (Å²) in [7, 11) is 0. The van der Waals surface area contributed by atoms with Gasteiger partial charge in [0.1, 0.15) is 0 Å². The summed E-state index contributed by atoms with van der Waals surface area (Å²) >= 11 is 0. The Morgan fingerprint density at radius 2 is 1.73 bits per heavy atom. The van der Waals surface area contributed by atoms with E-state index >= 15 is 0 Å². The highest BCUT2D eigenvalue weighted by atomic mass is 16.6. The van der Waals surface area contributed by atoms with Gasteiger partial charge in [-0.25, -0.2) is 0 Å². The van der Waals surface area contributed by atoms with Crippen LogP contribution < -0.4 is 4.84 Å². The Hall–Kier alpha value is -2.46. The number of benzene rings is 2. The van der Waals surface area contributed by atoms with Crippen molar-refractivity contribution in [3.8, 4) is 5.75 Å². The van der Waals surface area contributed by atoms with Crippen LogP contribution in [0.25, 0.3) is 0 Å². The van der Waals surface area contributed by atoms with E-state index in [9.17, 15) is 4.79 Å². The topological polar surface area (TPSA) is 41.9 Å². The van der Waals surface area contributed by atoms with E-state index in [2.05, 4.69) is 30.0 Å². The molecule has 1 aliphatic carbocycles. The molecule has 0 bridgehead atoms. The first-order valence-corrected chi connectivity index (χ1v) is 11.2.